The van der Waals surface area contributed by atoms with Crippen molar-refractivity contribution >= 4 is 17.7 Å². The van der Waals surface area contributed by atoms with Gasteiger partial charge in [-0.1, -0.05) is 39.6 Å². The smallest absolute Gasteiger partial charge is 0.185 e. The average Bonchev–Trinajstić information content (AvgIpc) is 2.11. The topological polar surface area (TPSA) is 70.4 Å². The molecule has 1 rings (SSSR count). The highest BCUT2D eigenvalue weighted by Crippen LogP contribution is 2.24. The number of carbonyl (C=O) groups excluding carboxylic acids is 1. The van der Waals surface area contributed by atoms with Gasteiger partial charge in [0.15, 0.2) is 5.78 Å². The van der Waals surface area contributed by atoms with Crippen LogP contribution in [0.15, 0.2) is 0 Å². The van der Waals surface area contributed by atoms with Crippen LogP contribution in [0.2, 0.25) is 0 Å². The second-order valence-electron chi connectivity index (χ2n) is 4.65. The Balaban J connectivity index is 2.69. The van der Waals surface area contributed by atoms with Crippen molar-refractivity contribution in [2.45, 2.75) is 39.9 Å². The van der Waals surface area contributed by atoms with Crippen LogP contribution in [0.25, 0.3) is 0 Å². The van der Waals surface area contributed by atoms with Crippen molar-refractivity contribution in [2.24, 2.45) is 11.1 Å². The summed E-state index contributed by atoms with van der Waals surface area (Å²) in [4.78, 5) is 12.0. The molecule has 1 saturated heterocycles. The van der Waals surface area contributed by atoms with E-state index in [0.717, 1.165) is 5.75 Å². The predicted molar refractivity (Wildman–Crippen MR) is 62.5 cm³/mol. The molecule has 6 heteroatoms. The molecule has 0 aromatic heterocycles. The summed E-state index contributed by atoms with van der Waals surface area (Å²) in [5.74, 6) is 0.901. The first-order valence-corrected chi connectivity index (χ1v) is 6.04. The van der Waals surface area contributed by atoms with Gasteiger partial charge in [0.05, 0.1) is 6.04 Å². The van der Waals surface area contributed by atoms with Gasteiger partial charge in [-0.25, -0.2) is 5.43 Å². The minimum atomic E-state index is -0.583. The Labute approximate surface area is 95.2 Å². The second kappa shape index (κ2) is 4.80. The fourth-order valence-corrected chi connectivity index (χ4v) is 2.11. The van der Waals surface area contributed by atoms with Crippen molar-refractivity contribution in [1.29, 1.82) is 0 Å². The molecule has 0 amide bonds. The molecule has 2 atom stereocenters. The molecule has 1 fully saturated rings. The normalized spacial score (nSPS) is 29.5. The van der Waals surface area contributed by atoms with Crippen LogP contribution in [0.5, 0.6) is 0 Å². The second-order valence-corrected chi connectivity index (χ2v) is 5.87. The maximum atomic E-state index is 12.0. The number of nitrogens with one attached hydrogen (secondary N) is 2. The Morgan fingerprint density at radius 3 is 2.60 bits per heavy atom. The molecule has 5 nitrogen and oxygen atoms in total. The van der Waals surface area contributed by atoms with Gasteiger partial charge in [-0.3, -0.25) is 4.79 Å². The number of carbonyl (C=O) groups is 1. The van der Waals surface area contributed by atoms with Gasteiger partial charge < -0.3 is 5.73 Å². The van der Waals surface area contributed by atoms with Crippen LogP contribution in [-0.4, -0.2) is 28.2 Å². The van der Waals surface area contributed by atoms with Crippen LogP contribution in [0.4, 0.5) is 0 Å². The van der Waals surface area contributed by atoms with Crippen LogP contribution in [-0.2, 0) is 4.79 Å². The van der Waals surface area contributed by atoms with Crippen molar-refractivity contribution < 1.29 is 4.79 Å². The van der Waals surface area contributed by atoms with E-state index in [1.54, 1.807) is 4.41 Å². The Hall–Kier alpha value is -0.140. The lowest BCUT2D eigenvalue weighted by Crippen LogP contribution is -2.70. The average molecular weight is 232 g/mol. The summed E-state index contributed by atoms with van der Waals surface area (Å²) in [6.07, 6.45) is -0.583. The van der Waals surface area contributed by atoms with Gasteiger partial charge in [0.25, 0.3) is 0 Å². The Morgan fingerprint density at radius 1 is 1.53 bits per heavy atom. The molecule has 1 aliphatic rings. The maximum Gasteiger partial charge on any atom is 0.185 e. The highest BCUT2D eigenvalue weighted by atomic mass is 32.2. The van der Waals surface area contributed by atoms with Gasteiger partial charge in [-0.05, 0) is 5.41 Å². The van der Waals surface area contributed by atoms with Crippen molar-refractivity contribution in [1.82, 2.24) is 15.4 Å². The molecular formula is C9H20N4OS. The molecule has 4 N–H and O–H groups in total. The van der Waals surface area contributed by atoms with E-state index in [9.17, 15) is 4.79 Å². The number of nitrogens with zero attached hydrogens (tertiary/aromatic N) is 1. The SMILES string of the molecule is CCSN1NNC(C(C)(C)C)C(=O)C1N. The monoisotopic (exact) mass is 232 g/mol. The number of hydrogen-bond donors (Lipinski definition) is 3. The Bertz CT molecular complexity index is 241. The minimum absolute atomic E-state index is 0.0298. The van der Waals surface area contributed by atoms with Crippen molar-refractivity contribution in [3.05, 3.63) is 0 Å². The maximum absolute atomic E-state index is 12.0. The predicted octanol–water partition coefficient (Wildman–Crippen LogP) is 0.248. The van der Waals surface area contributed by atoms with Gasteiger partial charge in [0.1, 0.15) is 6.17 Å². The number of rotatable bonds is 2. The van der Waals surface area contributed by atoms with Gasteiger partial charge in [-0.15, -0.1) is 4.41 Å². The van der Waals surface area contributed by atoms with E-state index in [-0.39, 0.29) is 17.2 Å². The summed E-state index contributed by atoms with van der Waals surface area (Å²) >= 11 is 1.49. The fourth-order valence-electron chi connectivity index (χ4n) is 1.45. The molecule has 0 saturated carbocycles. The first kappa shape index (κ1) is 12.9. The van der Waals surface area contributed by atoms with E-state index in [4.69, 9.17) is 5.73 Å². The molecule has 15 heavy (non-hydrogen) atoms. The first-order chi connectivity index (χ1) is 6.88. The standard InChI is InChI=1S/C9H20N4OS/c1-5-15-13-8(10)6(14)7(11-12-13)9(2,3)4/h7-8,11-12H,5,10H2,1-4H3. The fraction of sp³-hybridized carbons (Fsp3) is 0.889. The molecule has 0 aromatic rings. The number of hydrazine groups is 2. The summed E-state index contributed by atoms with van der Waals surface area (Å²) in [6, 6.07) is -0.249. The highest BCUT2D eigenvalue weighted by Gasteiger charge is 2.40. The van der Waals surface area contributed by atoms with Gasteiger partial charge >= 0.3 is 0 Å². The zero-order chi connectivity index (χ0) is 11.6. The molecule has 1 aliphatic heterocycles. The summed E-state index contributed by atoms with van der Waals surface area (Å²) in [5.41, 5.74) is 11.7. The molecular weight excluding hydrogens is 212 g/mol. The minimum Gasteiger partial charge on any atom is -0.308 e. The van der Waals surface area contributed by atoms with Crippen molar-refractivity contribution in [3.63, 3.8) is 0 Å². The van der Waals surface area contributed by atoms with Crippen LogP contribution in [0.3, 0.4) is 0 Å². The van der Waals surface area contributed by atoms with Crippen LogP contribution < -0.4 is 16.7 Å². The molecule has 1 heterocycles. The number of hydrogen-bond acceptors (Lipinski definition) is 6. The summed E-state index contributed by atoms with van der Waals surface area (Å²) in [5, 5.41) is 0. The van der Waals surface area contributed by atoms with Crippen LogP contribution in [0.1, 0.15) is 27.7 Å². The number of ketones is 1. The quantitative estimate of drug-likeness (QED) is 0.593. The summed E-state index contributed by atoms with van der Waals surface area (Å²) in [6.45, 7) is 8.05. The zero-order valence-corrected chi connectivity index (χ0v) is 10.5. The molecule has 0 spiro atoms. The van der Waals surface area contributed by atoms with Crippen molar-refractivity contribution in [2.75, 3.05) is 5.75 Å². The summed E-state index contributed by atoms with van der Waals surface area (Å²) < 4.78 is 1.66. The van der Waals surface area contributed by atoms with E-state index in [0.29, 0.717) is 0 Å². The summed E-state index contributed by atoms with van der Waals surface area (Å²) in [7, 11) is 0. The van der Waals surface area contributed by atoms with E-state index >= 15 is 0 Å². The molecule has 0 radical (unpaired) electrons. The third kappa shape index (κ3) is 2.92. The molecule has 88 valence electrons. The molecule has 0 bridgehead atoms. The van der Waals surface area contributed by atoms with Gasteiger partial charge in [-0.2, -0.15) is 5.53 Å². The van der Waals surface area contributed by atoms with E-state index < -0.39 is 6.17 Å². The van der Waals surface area contributed by atoms with Crippen LogP contribution >= 0.6 is 11.9 Å². The largest absolute Gasteiger partial charge is 0.308 e. The zero-order valence-electron chi connectivity index (χ0n) is 9.70. The third-order valence-corrected chi connectivity index (χ3v) is 3.14. The third-order valence-electron chi connectivity index (χ3n) is 2.28. The Morgan fingerprint density at radius 2 is 2.13 bits per heavy atom. The molecule has 0 aliphatic carbocycles. The number of Topliss-reactive ketones (excluding diaryl/α,β-unsaturated/α-hetero) is 1. The number of nitrogens with two attached hydrogens (primary N) is 1. The lowest BCUT2D eigenvalue weighted by molar-refractivity contribution is -0.133. The lowest BCUT2D eigenvalue weighted by atomic mass is 9.83. The van der Waals surface area contributed by atoms with Crippen molar-refractivity contribution in [3.8, 4) is 0 Å². The molecule has 2 unspecified atom stereocenters. The van der Waals surface area contributed by atoms with E-state index in [2.05, 4.69) is 11.0 Å². The lowest BCUT2D eigenvalue weighted by Gasteiger charge is -2.41. The Kier molecular flexibility index (Phi) is 4.13. The van der Waals surface area contributed by atoms with E-state index in [1.165, 1.54) is 11.9 Å². The first-order valence-electron chi connectivity index (χ1n) is 5.10. The van der Waals surface area contributed by atoms with E-state index in [1.807, 2.05) is 27.7 Å². The van der Waals surface area contributed by atoms with Crippen LogP contribution in [0, 0.1) is 5.41 Å². The molecule has 0 aromatic carbocycles. The highest BCUT2D eigenvalue weighted by molar-refractivity contribution is 7.96. The van der Waals surface area contributed by atoms with Gasteiger partial charge in [0.2, 0.25) is 0 Å². The van der Waals surface area contributed by atoms with Gasteiger partial charge in [0, 0.05) is 5.75 Å².